The summed E-state index contributed by atoms with van der Waals surface area (Å²) in [5.41, 5.74) is 1.55. The van der Waals surface area contributed by atoms with E-state index in [1.165, 1.54) is 0 Å². The summed E-state index contributed by atoms with van der Waals surface area (Å²) in [4.78, 5) is 25.6. The number of nitrogens with zero attached hydrogens (tertiary/aromatic N) is 1. The summed E-state index contributed by atoms with van der Waals surface area (Å²) in [7, 11) is 0. The van der Waals surface area contributed by atoms with Crippen LogP contribution in [-0.2, 0) is 4.79 Å². The van der Waals surface area contributed by atoms with Crippen molar-refractivity contribution in [1.82, 2.24) is 4.90 Å². The summed E-state index contributed by atoms with van der Waals surface area (Å²) in [5, 5.41) is 9.23. The maximum atomic E-state index is 12.6. The maximum absolute atomic E-state index is 12.6. The van der Waals surface area contributed by atoms with E-state index in [-0.39, 0.29) is 12.3 Å². The Hall–Kier alpha value is -2.60. The van der Waals surface area contributed by atoms with E-state index in [4.69, 9.17) is 4.74 Å². The van der Waals surface area contributed by atoms with Gasteiger partial charge in [0.2, 0.25) is 0 Å². The molecule has 27 heavy (non-hydrogen) atoms. The standard InChI is InChI=1S/C21H20BrNO4/c22-17-8-6-16(7-9-17)21(26)23-12-10-15(11-13-23)19(14-20(24)25)27-18-4-2-1-3-5-18/h1-10,19H,11-14H2,(H,24,25). The van der Waals surface area contributed by atoms with Gasteiger partial charge in [-0.05, 0) is 48.4 Å². The number of carboxylic acid groups (broad SMARTS) is 1. The summed E-state index contributed by atoms with van der Waals surface area (Å²) in [5.74, 6) is -0.306. The van der Waals surface area contributed by atoms with Crippen LogP contribution < -0.4 is 4.74 Å². The second-order valence-corrected chi connectivity index (χ2v) is 7.22. The van der Waals surface area contributed by atoms with E-state index in [1.54, 1.807) is 17.0 Å². The molecule has 0 fully saturated rings. The molecule has 0 aromatic heterocycles. The number of rotatable bonds is 6. The zero-order valence-electron chi connectivity index (χ0n) is 14.7. The van der Waals surface area contributed by atoms with Gasteiger partial charge in [0.25, 0.3) is 5.91 Å². The molecule has 2 aromatic rings. The summed E-state index contributed by atoms with van der Waals surface area (Å²) >= 11 is 3.36. The molecule has 3 rings (SSSR count). The van der Waals surface area contributed by atoms with Crippen LogP contribution in [0.25, 0.3) is 0 Å². The van der Waals surface area contributed by atoms with Crippen molar-refractivity contribution in [3.8, 4) is 5.75 Å². The molecular weight excluding hydrogens is 410 g/mol. The fourth-order valence-corrected chi connectivity index (χ4v) is 3.27. The molecule has 6 heteroatoms. The van der Waals surface area contributed by atoms with Crippen LogP contribution in [0.15, 0.2) is 70.7 Å². The highest BCUT2D eigenvalue weighted by Crippen LogP contribution is 2.23. The number of ether oxygens (including phenoxy) is 1. The average molecular weight is 430 g/mol. The quantitative estimate of drug-likeness (QED) is 0.700. The molecule has 1 heterocycles. The van der Waals surface area contributed by atoms with Gasteiger partial charge in [-0.25, -0.2) is 0 Å². The molecule has 0 radical (unpaired) electrons. The third kappa shape index (κ3) is 5.20. The Morgan fingerprint density at radius 2 is 1.81 bits per heavy atom. The van der Waals surface area contributed by atoms with E-state index in [0.717, 1.165) is 10.0 Å². The van der Waals surface area contributed by atoms with Gasteiger partial charge in [-0.15, -0.1) is 0 Å². The molecule has 5 nitrogen and oxygen atoms in total. The molecule has 0 bridgehead atoms. The first-order valence-corrected chi connectivity index (χ1v) is 9.49. The number of carbonyl (C=O) groups excluding carboxylic acids is 1. The van der Waals surface area contributed by atoms with Gasteiger partial charge in [-0.3, -0.25) is 9.59 Å². The van der Waals surface area contributed by atoms with Gasteiger partial charge in [-0.1, -0.05) is 40.2 Å². The van der Waals surface area contributed by atoms with Crippen molar-refractivity contribution in [2.75, 3.05) is 13.1 Å². The van der Waals surface area contributed by atoms with E-state index in [2.05, 4.69) is 15.9 Å². The highest BCUT2D eigenvalue weighted by Gasteiger charge is 2.25. The number of carboxylic acids is 1. The Kier molecular flexibility index (Phi) is 6.29. The average Bonchev–Trinajstić information content (AvgIpc) is 2.68. The molecule has 140 valence electrons. The molecule has 0 saturated heterocycles. The van der Waals surface area contributed by atoms with E-state index >= 15 is 0 Å². The summed E-state index contributed by atoms with van der Waals surface area (Å²) in [6.07, 6.45) is 1.86. The van der Waals surface area contributed by atoms with E-state index in [0.29, 0.717) is 30.8 Å². The zero-order chi connectivity index (χ0) is 19.2. The SMILES string of the molecule is O=C(O)CC(Oc1ccccc1)C1=CCN(C(=O)c2ccc(Br)cc2)CC1. The molecular formula is C21H20BrNO4. The Morgan fingerprint density at radius 3 is 2.41 bits per heavy atom. The van der Waals surface area contributed by atoms with Gasteiger partial charge in [0, 0.05) is 23.1 Å². The third-order valence-electron chi connectivity index (χ3n) is 4.42. The highest BCUT2D eigenvalue weighted by atomic mass is 79.9. The lowest BCUT2D eigenvalue weighted by atomic mass is 9.99. The summed E-state index contributed by atoms with van der Waals surface area (Å²) in [6.45, 7) is 0.980. The van der Waals surface area contributed by atoms with Crippen LogP contribution in [0.2, 0.25) is 0 Å². The number of benzene rings is 2. The smallest absolute Gasteiger partial charge is 0.307 e. The Balaban J connectivity index is 1.69. The summed E-state index contributed by atoms with van der Waals surface area (Å²) in [6, 6.07) is 16.5. The molecule has 0 spiro atoms. The Morgan fingerprint density at radius 1 is 1.11 bits per heavy atom. The number of halogens is 1. The van der Waals surface area contributed by atoms with Gasteiger partial charge in [0.15, 0.2) is 0 Å². The normalized spacial score (nSPS) is 15.0. The van der Waals surface area contributed by atoms with Gasteiger partial charge < -0.3 is 14.7 Å². The van der Waals surface area contributed by atoms with Crippen molar-refractivity contribution in [3.63, 3.8) is 0 Å². The van der Waals surface area contributed by atoms with E-state index in [1.807, 2.05) is 48.5 Å². The summed E-state index contributed by atoms with van der Waals surface area (Å²) < 4.78 is 6.83. The van der Waals surface area contributed by atoms with Crippen LogP contribution in [0.5, 0.6) is 5.75 Å². The monoisotopic (exact) mass is 429 g/mol. The molecule has 0 saturated carbocycles. The Labute approximate surface area is 166 Å². The van der Waals surface area contributed by atoms with Crippen LogP contribution >= 0.6 is 15.9 Å². The number of hydrogen-bond donors (Lipinski definition) is 1. The van der Waals surface area contributed by atoms with E-state index in [9.17, 15) is 14.7 Å². The van der Waals surface area contributed by atoms with Crippen molar-refractivity contribution in [3.05, 3.63) is 76.3 Å². The van der Waals surface area contributed by atoms with Gasteiger partial charge in [-0.2, -0.15) is 0 Å². The minimum atomic E-state index is -0.912. The lowest BCUT2D eigenvalue weighted by Gasteiger charge is -2.30. The predicted octanol–water partition coefficient (Wildman–Crippen LogP) is 4.14. The van der Waals surface area contributed by atoms with Gasteiger partial charge >= 0.3 is 5.97 Å². The van der Waals surface area contributed by atoms with Crippen molar-refractivity contribution in [1.29, 1.82) is 0 Å². The molecule has 1 N–H and O–H groups in total. The van der Waals surface area contributed by atoms with Crippen LogP contribution in [0.1, 0.15) is 23.2 Å². The van der Waals surface area contributed by atoms with Gasteiger partial charge in [0.1, 0.15) is 11.9 Å². The first kappa shape index (κ1) is 19.2. The minimum Gasteiger partial charge on any atom is -0.485 e. The number of aliphatic carboxylic acids is 1. The maximum Gasteiger partial charge on any atom is 0.307 e. The van der Waals surface area contributed by atoms with Crippen LogP contribution in [0, 0.1) is 0 Å². The number of hydrogen-bond acceptors (Lipinski definition) is 3. The van der Waals surface area contributed by atoms with E-state index < -0.39 is 12.1 Å². The zero-order valence-corrected chi connectivity index (χ0v) is 16.3. The van der Waals surface area contributed by atoms with Crippen LogP contribution in [-0.4, -0.2) is 41.1 Å². The van der Waals surface area contributed by atoms with Gasteiger partial charge in [0.05, 0.1) is 6.42 Å². The van der Waals surface area contributed by atoms with Crippen molar-refractivity contribution in [2.24, 2.45) is 0 Å². The topological polar surface area (TPSA) is 66.8 Å². The second kappa shape index (κ2) is 8.86. The predicted molar refractivity (Wildman–Crippen MR) is 106 cm³/mol. The van der Waals surface area contributed by atoms with Crippen LogP contribution in [0.3, 0.4) is 0 Å². The molecule has 1 atom stereocenters. The molecule has 0 aliphatic carbocycles. The molecule has 1 aliphatic rings. The van der Waals surface area contributed by atoms with Crippen molar-refractivity contribution < 1.29 is 19.4 Å². The first-order chi connectivity index (χ1) is 13.0. The largest absolute Gasteiger partial charge is 0.485 e. The Bertz CT molecular complexity index is 833. The highest BCUT2D eigenvalue weighted by molar-refractivity contribution is 9.10. The minimum absolute atomic E-state index is 0.0310. The lowest BCUT2D eigenvalue weighted by Crippen LogP contribution is -2.37. The molecule has 1 amide bonds. The molecule has 1 aliphatic heterocycles. The van der Waals surface area contributed by atoms with Crippen molar-refractivity contribution >= 4 is 27.8 Å². The third-order valence-corrected chi connectivity index (χ3v) is 4.95. The van der Waals surface area contributed by atoms with Crippen LogP contribution in [0.4, 0.5) is 0 Å². The number of amides is 1. The fourth-order valence-electron chi connectivity index (χ4n) is 3.01. The fraction of sp³-hybridized carbons (Fsp3) is 0.238. The number of para-hydroxylation sites is 1. The molecule has 2 aromatic carbocycles. The first-order valence-electron chi connectivity index (χ1n) is 8.70. The lowest BCUT2D eigenvalue weighted by molar-refractivity contribution is -0.138. The molecule has 1 unspecified atom stereocenters. The number of carbonyl (C=O) groups is 2. The van der Waals surface area contributed by atoms with Crippen molar-refractivity contribution in [2.45, 2.75) is 18.9 Å². The second-order valence-electron chi connectivity index (χ2n) is 6.30.